The molecule has 2 aromatic rings. The Morgan fingerprint density at radius 2 is 1.95 bits per heavy atom. The summed E-state index contributed by atoms with van der Waals surface area (Å²) in [6.07, 6.45) is 0. The van der Waals surface area contributed by atoms with Crippen LogP contribution in [0.25, 0.3) is 0 Å². The Balaban J connectivity index is 2.26. The minimum absolute atomic E-state index is 0.122. The van der Waals surface area contributed by atoms with E-state index in [0.29, 0.717) is 11.3 Å². The molecular weight excluding hydrogens is 318 g/mol. The fraction of sp³-hybridized carbons (Fsp3) is 0.0667. The number of rotatable bonds is 3. The van der Waals surface area contributed by atoms with E-state index >= 15 is 0 Å². The third-order valence-corrected chi connectivity index (χ3v) is 3.06. The minimum atomic E-state index is -0.122. The predicted molar refractivity (Wildman–Crippen MR) is 82.9 cm³/mol. The van der Waals surface area contributed by atoms with Crippen LogP contribution in [0.2, 0.25) is 0 Å². The fourth-order valence-electron chi connectivity index (χ4n) is 1.75. The summed E-state index contributed by atoms with van der Waals surface area (Å²) in [5.41, 5.74) is 2.77. The molecule has 2 rings (SSSR count). The molecule has 0 spiro atoms. The Bertz CT molecular complexity index is 692. The molecule has 2 aromatic carbocycles. The van der Waals surface area contributed by atoms with E-state index in [0.717, 1.165) is 15.8 Å². The van der Waals surface area contributed by atoms with Crippen LogP contribution in [0.5, 0.6) is 0 Å². The molecule has 4 nitrogen and oxygen atoms in total. The van der Waals surface area contributed by atoms with Crippen LogP contribution in [0.4, 0.5) is 17.1 Å². The van der Waals surface area contributed by atoms with E-state index in [1.165, 1.54) is 6.92 Å². The molecule has 0 unspecified atom stereocenters. The normalized spacial score (nSPS) is 9.65. The number of hydrogen-bond donors (Lipinski definition) is 2. The standard InChI is InChI=1S/C15H12BrN3O/c1-10(20)18-13-3-2-4-14(8-13)19-15-6-5-12(16)7-11(15)9-17/h2-8,19H,1H3,(H,18,20). The Hall–Kier alpha value is -2.32. The van der Waals surface area contributed by atoms with Gasteiger partial charge < -0.3 is 10.6 Å². The fourth-order valence-corrected chi connectivity index (χ4v) is 2.11. The van der Waals surface area contributed by atoms with Crippen molar-refractivity contribution in [3.63, 3.8) is 0 Å². The van der Waals surface area contributed by atoms with Gasteiger partial charge in [-0.25, -0.2) is 0 Å². The van der Waals surface area contributed by atoms with Gasteiger partial charge in [-0.3, -0.25) is 4.79 Å². The van der Waals surface area contributed by atoms with Crippen LogP contribution in [-0.2, 0) is 4.79 Å². The molecule has 0 aliphatic heterocycles. The molecule has 0 saturated carbocycles. The number of anilines is 3. The molecule has 5 heteroatoms. The number of amides is 1. The summed E-state index contributed by atoms with van der Waals surface area (Å²) in [4.78, 5) is 11.0. The summed E-state index contributed by atoms with van der Waals surface area (Å²) in [7, 11) is 0. The predicted octanol–water partition coefficient (Wildman–Crippen LogP) is 4.02. The third-order valence-electron chi connectivity index (χ3n) is 2.56. The molecule has 0 aliphatic carbocycles. The van der Waals surface area contributed by atoms with E-state index in [9.17, 15) is 4.79 Å². The van der Waals surface area contributed by atoms with Crippen LogP contribution in [0.3, 0.4) is 0 Å². The van der Waals surface area contributed by atoms with Crippen LogP contribution in [-0.4, -0.2) is 5.91 Å². The molecule has 0 heterocycles. The molecule has 0 fully saturated rings. The Morgan fingerprint density at radius 3 is 2.65 bits per heavy atom. The van der Waals surface area contributed by atoms with Crippen molar-refractivity contribution in [2.75, 3.05) is 10.6 Å². The molecular formula is C15H12BrN3O. The van der Waals surface area contributed by atoms with Crippen molar-refractivity contribution in [3.8, 4) is 6.07 Å². The van der Waals surface area contributed by atoms with Gasteiger partial charge in [0.15, 0.2) is 0 Å². The van der Waals surface area contributed by atoms with Gasteiger partial charge in [0.25, 0.3) is 0 Å². The van der Waals surface area contributed by atoms with Crippen LogP contribution < -0.4 is 10.6 Å². The second-order valence-electron chi connectivity index (χ2n) is 4.19. The van der Waals surface area contributed by atoms with E-state index in [-0.39, 0.29) is 5.91 Å². The first-order valence-electron chi connectivity index (χ1n) is 5.93. The number of nitrogens with zero attached hydrogens (tertiary/aromatic N) is 1. The van der Waals surface area contributed by atoms with Crippen molar-refractivity contribution in [1.29, 1.82) is 5.26 Å². The summed E-state index contributed by atoms with van der Waals surface area (Å²) in [6.45, 7) is 1.46. The first-order valence-corrected chi connectivity index (χ1v) is 6.72. The summed E-state index contributed by atoms with van der Waals surface area (Å²) in [5.74, 6) is -0.122. The number of nitriles is 1. The number of benzene rings is 2. The molecule has 100 valence electrons. The molecule has 0 radical (unpaired) electrons. The van der Waals surface area contributed by atoms with Gasteiger partial charge in [0, 0.05) is 22.8 Å². The quantitative estimate of drug-likeness (QED) is 0.893. The Morgan fingerprint density at radius 1 is 1.20 bits per heavy atom. The van der Waals surface area contributed by atoms with Crippen LogP contribution in [0, 0.1) is 11.3 Å². The maximum absolute atomic E-state index is 11.0. The maximum atomic E-state index is 11.0. The van der Waals surface area contributed by atoms with Crippen LogP contribution in [0.1, 0.15) is 12.5 Å². The van der Waals surface area contributed by atoms with Gasteiger partial charge in [0.2, 0.25) is 5.91 Å². The van der Waals surface area contributed by atoms with Gasteiger partial charge in [-0.2, -0.15) is 5.26 Å². The van der Waals surface area contributed by atoms with Gasteiger partial charge in [0.05, 0.1) is 11.3 Å². The number of carbonyl (C=O) groups is 1. The lowest BCUT2D eigenvalue weighted by Crippen LogP contribution is -2.05. The zero-order valence-corrected chi connectivity index (χ0v) is 12.4. The third kappa shape index (κ3) is 3.59. The molecule has 0 atom stereocenters. The molecule has 1 amide bonds. The Labute approximate surface area is 125 Å². The lowest BCUT2D eigenvalue weighted by atomic mass is 10.2. The number of carbonyl (C=O) groups excluding carboxylic acids is 1. The Kier molecular flexibility index (Phi) is 4.38. The summed E-state index contributed by atoms with van der Waals surface area (Å²) < 4.78 is 0.853. The second kappa shape index (κ2) is 6.22. The van der Waals surface area contributed by atoms with Crippen molar-refractivity contribution in [2.45, 2.75) is 6.92 Å². The first-order chi connectivity index (χ1) is 9.58. The van der Waals surface area contributed by atoms with Gasteiger partial charge in [0.1, 0.15) is 6.07 Å². The highest BCUT2D eigenvalue weighted by molar-refractivity contribution is 9.10. The lowest BCUT2D eigenvalue weighted by Gasteiger charge is -2.10. The number of halogens is 1. The molecule has 0 aromatic heterocycles. The van der Waals surface area contributed by atoms with E-state index in [4.69, 9.17) is 5.26 Å². The van der Waals surface area contributed by atoms with Crippen molar-refractivity contribution < 1.29 is 4.79 Å². The summed E-state index contributed by atoms with van der Waals surface area (Å²) in [6, 6.07) is 14.9. The van der Waals surface area contributed by atoms with E-state index in [1.54, 1.807) is 12.1 Å². The second-order valence-corrected chi connectivity index (χ2v) is 5.10. The molecule has 0 saturated heterocycles. The van der Waals surface area contributed by atoms with Crippen molar-refractivity contribution >= 4 is 38.9 Å². The van der Waals surface area contributed by atoms with Crippen molar-refractivity contribution in [3.05, 3.63) is 52.5 Å². The molecule has 20 heavy (non-hydrogen) atoms. The average molecular weight is 330 g/mol. The van der Waals surface area contributed by atoms with Crippen molar-refractivity contribution in [1.82, 2.24) is 0 Å². The summed E-state index contributed by atoms with van der Waals surface area (Å²) in [5, 5.41) is 15.0. The minimum Gasteiger partial charge on any atom is -0.354 e. The highest BCUT2D eigenvalue weighted by Crippen LogP contribution is 2.25. The maximum Gasteiger partial charge on any atom is 0.221 e. The van der Waals surface area contributed by atoms with Crippen molar-refractivity contribution in [2.24, 2.45) is 0 Å². The first kappa shape index (κ1) is 14.1. The van der Waals surface area contributed by atoms with Gasteiger partial charge >= 0.3 is 0 Å². The monoisotopic (exact) mass is 329 g/mol. The van der Waals surface area contributed by atoms with E-state index < -0.39 is 0 Å². The largest absolute Gasteiger partial charge is 0.354 e. The summed E-state index contributed by atoms with van der Waals surface area (Å²) >= 11 is 3.33. The zero-order chi connectivity index (χ0) is 14.5. The molecule has 0 aliphatic rings. The highest BCUT2D eigenvalue weighted by atomic mass is 79.9. The van der Waals surface area contributed by atoms with Gasteiger partial charge in [-0.05, 0) is 36.4 Å². The molecule has 0 bridgehead atoms. The van der Waals surface area contributed by atoms with Gasteiger partial charge in [-0.15, -0.1) is 0 Å². The highest BCUT2D eigenvalue weighted by Gasteiger charge is 2.04. The lowest BCUT2D eigenvalue weighted by molar-refractivity contribution is -0.114. The van der Waals surface area contributed by atoms with E-state index in [1.807, 2.05) is 30.3 Å². The van der Waals surface area contributed by atoms with Crippen LogP contribution in [0.15, 0.2) is 46.9 Å². The number of nitrogens with one attached hydrogen (secondary N) is 2. The SMILES string of the molecule is CC(=O)Nc1cccc(Nc2ccc(Br)cc2C#N)c1. The average Bonchev–Trinajstić information content (AvgIpc) is 2.40. The number of hydrogen-bond acceptors (Lipinski definition) is 3. The zero-order valence-electron chi connectivity index (χ0n) is 10.8. The van der Waals surface area contributed by atoms with Crippen LogP contribution >= 0.6 is 15.9 Å². The molecule has 2 N–H and O–H groups in total. The van der Waals surface area contributed by atoms with Gasteiger partial charge in [-0.1, -0.05) is 22.0 Å². The smallest absolute Gasteiger partial charge is 0.221 e. The van der Waals surface area contributed by atoms with E-state index in [2.05, 4.69) is 32.6 Å². The topological polar surface area (TPSA) is 64.9 Å².